The van der Waals surface area contributed by atoms with E-state index in [1.54, 1.807) is 18.8 Å². The molecule has 1 aliphatic rings. The molecule has 1 N–H and O–H groups in total. The van der Waals surface area contributed by atoms with E-state index < -0.39 is 0 Å². The monoisotopic (exact) mass is 363 g/mol. The summed E-state index contributed by atoms with van der Waals surface area (Å²) in [7, 11) is 3.30. The molecule has 1 aliphatic heterocycles. The van der Waals surface area contributed by atoms with Crippen LogP contribution in [-0.2, 0) is 19.5 Å². The number of anilines is 1. The fourth-order valence-electron chi connectivity index (χ4n) is 3.36. The van der Waals surface area contributed by atoms with Gasteiger partial charge in [-0.25, -0.2) is 4.79 Å². The van der Waals surface area contributed by atoms with Crippen molar-refractivity contribution in [1.82, 2.24) is 9.55 Å². The number of fused-ring (bicyclic) bond motifs is 3. The molecule has 0 saturated heterocycles. The van der Waals surface area contributed by atoms with Crippen molar-refractivity contribution in [1.29, 1.82) is 0 Å². The maximum Gasteiger partial charge on any atom is 0.349 e. The Bertz CT molecular complexity index is 1030. The Kier molecular flexibility index (Phi) is 4.54. The Hall–Kier alpha value is -3.28. The minimum Gasteiger partial charge on any atom is -0.497 e. The molecule has 1 aromatic heterocycles. The van der Waals surface area contributed by atoms with Crippen molar-refractivity contribution >= 4 is 5.82 Å². The number of methoxy groups -OCH3 is 2. The summed E-state index contributed by atoms with van der Waals surface area (Å²) in [5, 5.41) is 3.25. The second-order valence-electron chi connectivity index (χ2n) is 6.44. The summed E-state index contributed by atoms with van der Waals surface area (Å²) in [6.07, 6.45) is 0.791. The first-order chi connectivity index (χ1) is 13.2. The van der Waals surface area contributed by atoms with E-state index in [2.05, 4.69) is 10.3 Å². The third-order valence-corrected chi connectivity index (χ3v) is 4.84. The highest BCUT2D eigenvalue weighted by Crippen LogP contribution is 2.31. The Balaban J connectivity index is 1.62. The maximum atomic E-state index is 12.5. The molecule has 0 bridgehead atoms. The quantitative estimate of drug-likeness (QED) is 0.755. The van der Waals surface area contributed by atoms with E-state index in [1.807, 2.05) is 48.5 Å². The fraction of sp³-hybridized carbons (Fsp3) is 0.238. The van der Waals surface area contributed by atoms with Gasteiger partial charge < -0.3 is 14.8 Å². The number of ether oxygens (including phenoxy) is 2. The average Bonchev–Trinajstić information content (AvgIpc) is 2.72. The van der Waals surface area contributed by atoms with Gasteiger partial charge >= 0.3 is 5.69 Å². The normalized spacial score (nSPS) is 12.1. The first kappa shape index (κ1) is 17.1. The highest BCUT2D eigenvalue weighted by atomic mass is 16.5. The van der Waals surface area contributed by atoms with Crippen LogP contribution in [0.5, 0.6) is 11.5 Å². The molecule has 3 aromatic rings. The van der Waals surface area contributed by atoms with Gasteiger partial charge in [-0.15, -0.1) is 0 Å². The van der Waals surface area contributed by atoms with Crippen LogP contribution in [0, 0.1) is 0 Å². The third-order valence-electron chi connectivity index (χ3n) is 4.84. The lowest BCUT2D eigenvalue weighted by molar-refractivity contribution is 0.414. The molecule has 0 aliphatic carbocycles. The Labute approximate surface area is 157 Å². The zero-order valence-electron chi connectivity index (χ0n) is 15.4. The van der Waals surface area contributed by atoms with Gasteiger partial charge in [0.1, 0.15) is 17.3 Å². The summed E-state index contributed by atoms with van der Waals surface area (Å²) in [4.78, 5) is 16.7. The van der Waals surface area contributed by atoms with Crippen molar-refractivity contribution in [3.05, 3.63) is 70.1 Å². The zero-order chi connectivity index (χ0) is 18.8. The summed E-state index contributed by atoms with van der Waals surface area (Å²) >= 11 is 0. The van der Waals surface area contributed by atoms with Crippen LogP contribution in [0.15, 0.2) is 53.3 Å². The number of nitrogens with one attached hydrogen (secondary N) is 1. The third kappa shape index (κ3) is 3.38. The molecular weight excluding hydrogens is 342 g/mol. The largest absolute Gasteiger partial charge is 0.497 e. The number of nitrogens with zero attached hydrogens (tertiary/aromatic N) is 2. The van der Waals surface area contributed by atoms with Crippen LogP contribution in [0.1, 0.15) is 11.1 Å². The van der Waals surface area contributed by atoms with E-state index in [-0.39, 0.29) is 5.69 Å². The van der Waals surface area contributed by atoms with Crippen LogP contribution >= 0.6 is 0 Å². The fourth-order valence-corrected chi connectivity index (χ4v) is 3.36. The minimum atomic E-state index is -0.230. The molecule has 0 unspecified atom stereocenters. The van der Waals surface area contributed by atoms with E-state index >= 15 is 0 Å². The van der Waals surface area contributed by atoms with Crippen molar-refractivity contribution in [2.24, 2.45) is 0 Å². The second kappa shape index (κ2) is 7.15. The summed E-state index contributed by atoms with van der Waals surface area (Å²) < 4.78 is 12.2. The zero-order valence-corrected chi connectivity index (χ0v) is 15.4. The molecule has 138 valence electrons. The van der Waals surface area contributed by atoms with Gasteiger partial charge in [-0.3, -0.25) is 4.57 Å². The molecule has 27 heavy (non-hydrogen) atoms. The SMILES string of the molecule is COc1ccc(CNc2cc3n(c(=O)n2)CCc2cc(OC)ccc2-3)cc1. The van der Waals surface area contributed by atoms with Gasteiger partial charge in [0.25, 0.3) is 0 Å². The molecule has 0 spiro atoms. The Morgan fingerprint density at radius 2 is 1.78 bits per heavy atom. The molecule has 0 amide bonds. The molecule has 6 heteroatoms. The van der Waals surface area contributed by atoms with E-state index in [1.165, 1.54) is 5.56 Å². The van der Waals surface area contributed by atoms with Gasteiger partial charge in [0.15, 0.2) is 0 Å². The molecule has 0 atom stereocenters. The van der Waals surface area contributed by atoms with E-state index in [0.29, 0.717) is 18.9 Å². The van der Waals surface area contributed by atoms with Crippen molar-refractivity contribution in [3.8, 4) is 22.8 Å². The van der Waals surface area contributed by atoms with Gasteiger partial charge in [-0.1, -0.05) is 12.1 Å². The highest BCUT2D eigenvalue weighted by Gasteiger charge is 2.19. The highest BCUT2D eigenvalue weighted by molar-refractivity contribution is 5.69. The lowest BCUT2D eigenvalue weighted by Gasteiger charge is -2.22. The van der Waals surface area contributed by atoms with Crippen LogP contribution in [0.25, 0.3) is 11.3 Å². The van der Waals surface area contributed by atoms with Crippen LogP contribution in [0.4, 0.5) is 5.82 Å². The van der Waals surface area contributed by atoms with E-state index in [4.69, 9.17) is 9.47 Å². The van der Waals surface area contributed by atoms with Crippen LogP contribution in [0.3, 0.4) is 0 Å². The molecule has 2 heterocycles. The van der Waals surface area contributed by atoms with Crippen LogP contribution in [-0.4, -0.2) is 23.8 Å². The Morgan fingerprint density at radius 3 is 2.52 bits per heavy atom. The predicted octanol–water partition coefficient (Wildman–Crippen LogP) is 3.10. The number of aromatic nitrogens is 2. The molecule has 6 nitrogen and oxygen atoms in total. The first-order valence-electron chi connectivity index (χ1n) is 8.84. The summed E-state index contributed by atoms with van der Waals surface area (Å²) in [6.45, 7) is 1.20. The maximum absolute atomic E-state index is 12.5. The lowest BCUT2D eigenvalue weighted by Crippen LogP contribution is -2.29. The smallest absolute Gasteiger partial charge is 0.349 e. The predicted molar refractivity (Wildman–Crippen MR) is 105 cm³/mol. The summed E-state index contributed by atoms with van der Waals surface area (Å²) in [6, 6.07) is 15.7. The first-order valence-corrected chi connectivity index (χ1v) is 8.84. The minimum absolute atomic E-state index is 0.230. The van der Waals surface area contributed by atoms with Crippen molar-refractivity contribution in [2.45, 2.75) is 19.5 Å². The number of hydrogen-bond acceptors (Lipinski definition) is 5. The number of aryl methyl sites for hydroxylation is 1. The lowest BCUT2D eigenvalue weighted by atomic mass is 9.97. The topological polar surface area (TPSA) is 65.4 Å². The Morgan fingerprint density at radius 1 is 1.04 bits per heavy atom. The molecule has 0 radical (unpaired) electrons. The van der Waals surface area contributed by atoms with Crippen molar-refractivity contribution in [2.75, 3.05) is 19.5 Å². The summed E-state index contributed by atoms with van der Waals surface area (Å²) in [5.74, 6) is 2.22. The van der Waals surface area contributed by atoms with Gasteiger partial charge in [-0.05, 0) is 47.9 Å². The molecular formula is C21H21N3O3. The molecule has 0 fully saturated rings. The van der Waals surface area contributed by atoms with Crippen molar-refractivity contribution < 1.29 is 9.47 Å². The van der Waals surface area contributed by atoms with Crippen LogP contribution < -0.4 is 20.5 Å². The number of benzene rings is 2. The second-order valence-corrected chi connectivity index (χ2v) is 6.44. The van der Waals surface area contributed by atoms with Gasteiger partial charge in [0.05, 0.1) is 19.9 Å². The summed E-state index contributed by atoms with van der Waals surface area (Å²) in [5.41, 5.74) is 3.97. The van der Waals surface area contributed by atoms with E-state index in [9.17, 15) is 4.79 Å². The standard InChI is InChI=1S/C21H21N3O3/c1-26-16-5-3-14(4-6-16)13-22-20-12-19-18-8-7-17(27-2)11-15(18)9-10-24(19)21(25)23-20/h3-8,11-12H,9-10,13H2,1-2H3,(H,22,23,25). The average molecular weight is 363 g/mol. The van der Waals surface area contributed by atoms with Crippen molar-refractivity contribution in [3.63, 3.8) is 0 Å². The van der Waals surface area contributed by atoms with E-state index in [0.717, 1.165) is 34.7 Å². The number of rotatable bonds is 5. The molecule has 0 saturated carbocycles. The number of hydrogen-bond donors (Lipinski definition) is 1. The van der Waals surface area contributed by atoms with Gasteiger partial charge in [0.2, 0.25) is 0 Å². The molecule has 4 rings (SSSR count). The van der Waals surface area contributed by atoms with Gasteiger partial charge in [-0.2, -0.15) is 4.98 Å². The molecule has 2 aromatic carbocycles. The van der Waals surface area contributed by atoms with Crippen LogP contribution in [0.2, 0.25) is 0 Å². The van der Waals surface area contributed by atoms with Gasteiger partial charge in [0, 0.05) is 24.7 Å².